The smallest absolute Gasteiger partial charge is 0.161 e. The zero-order valence-electron chi connectivity index (χ0n) is 28.5. The molecule has 0 saturated carbocycles. The standard InChI is InChI=1S/C48H29N5/c1-5-19-36-31(14-1)32-15-2-6-20-37(32)48(36)38-21-7-3-16-33(38)45-35(18-13-22-39(45)48)47-52-40-23-8-4-17-34(40)46(53-47)30-28-43(41-24-9-11-26-49-41)51-44(29-30)42-25-10-12-27-50-42/h1-29H. The number of para-hydroxylation sites is 1. The molecule has 0 amide bonds. The Morgan fingerprint density at radius 3 is 1.55 bits per heavy atom. The van der Waals surface area contributed by atoms with Gasteiger partial charge >= 0.3 is 0 Å². The van der Waals surface area contributed by atoms with E-state index in [-0.39, 0.29) is 0 Å². The summed E-state index contributed by atoms with van der Waals surface area (Å²) in [4.78, 5) is 25.1. The van der Waals surface area contributed by atoms with E-state index in [1.165, 1.54) is 44.5 Å². The van der Waals surface area contributed by atoms with E-state index in [0.717, 1.165) is 50.5 Å². The van der Waals surface area contributed by atoms with Gasteiger partial charge in [0, 0.05) is 28.9 Å². The molecule has 11 rings (SSSR count). The first-order valence-corrected chi connectivity index (χ1v) is 17.8. The van der Waals surface area contributed by atoms with E-state index in [4.69, 9.17) is 15.0 Å². The maximum absolute atomic E-state index is 5.49. The molecule has 53 heavy (non-hydrogen) atoms. The van der Waals surface area contributed by atoms with Crippen molar-refractivity contribution in [2.24, 2.45) is 0 Å². The van der Waals surface area contributed by atoms with Crippen LogP contribution in [0, 0.1) is 0 Å². The Morgan fingerprint density at radius 2 is 0.906 bits per heavy atom. The van der Waals surface area contributed by atoms with Gasteiger partial charge in [-0.1, -0.05) is 121 Å². The highest BCUT2D eigenvalue weighted by Gasteiger charge is 2.52. The topological polar surface area (TPSA) is 64.5 Å². The predicted molar refractivity (Wildman–Crippen MR) is 211 cm³/mol. The van der Waals surface area contributed by atoms with Crippen LogP contribution in [0.15, 0.2) is 176 Å². The summed E-state index contributed by atoms with van der Waals surface area (Å²) >= 11 is 0. The number of pyridine rings is 3. The first-order valence-electron chi connectivity index (χ1n) is 17.8. The minimum absolute atomic E-state index is 0.449. The van der Waals surface area contributed by atoms with Crippen molar-refractivity contribution in [2.75, 3.05) is 0 Å². The molecule has 0 saturated heterocycles. The fraction of sp³-hybridized carbons (Fsp3) is 0.0208. The molecule has 1 spiro atoms. The Bertz CT molecular complexity index is 2800. The van der Waals surface area contributed by atoms with Crippen LogP contribution in [0.1, 0.15) is 22.3 Å². The van der Waals surface area contributed by atoms with E-state index in [1.807, 2.05) is 48.5 Å². The highest BCUT2D eigenvalue weighted by atomic mass is 14.9. The summed E-state index contributed by atoms with van der Waals surface area (Å²) in [7, 11) is 0. The van der Waals surface area contributed by atoms with E-state index in [1.54, 1.807) is 12.4 Å². The number of nitrogens with zero attached hydrogens (tertiary/aromatic N) is 5. The first-order chi connectivity index (χ1) is 26.3. The van der Waals surface area contributed by atoms with Gasteiger partial charge in [-0.15, -0.1) is 0 Å². The molecule has 9 aromatic rings. The van der Waals surface area contributed by atoms with Gasteiger partial charge in [0.1, 0.15) is 0 Å². The number of fused-ring (bicyclic) bond motifs is 11. The Hall–Kier alpha value is -7.11. The Kier molecular flexibility index (Phi) is 6.40. The fourth-order valence-electron chi connectivity index (χ4n) is 8.71. The maximum atomic E-state index is 5.49. The summed E-state index contributed by atoms with van der Waals surface area (Å²) in [5.41, 5.74) is 16.4. The molecular weight excluding hydrogens is 647 g/mol. The second-order valence-electron chi connectivity index (χ2n) is 13.6. The monoisotopic (exact) mass is 675 g/mol. The van der Waals surface area contributed by atoms with E-state index < -0.39 is 5.41 Å². The van der Waals surface area contributed by atoms with Gasteiger partial charge in [0.05, 0.1) is 39.4 Å². The van der Waals surface area contributed by atoms with Crippen LogP contribution in [-0.4, -0.2) is 24.9 Å². The molecule has 0 fully saturated rings. The zero-order chi connectivity index (χ0) is 34.9. The van der Waals surface area contributed by atoms with Gasteiger partial charge in [-0.05, 0) is 87.0 Å². The second-order valence-corrected chi connectivity index (χ2v) is 13.6. The summed E-state index contributed by atoms with van der Waals surface area (Å²) in [5, 5.41) is 0.962. The van der Waals surface area contributed by atoms with Crippen LogP contribution in [0.3, 0.4) is 0 Å². The highest BCUT2D eigenvalue weighted by molar-refractivity contribution is 6.01. The Balaban J connectivity index is 1.19. The largest absolute Gasteiger partial charge is 0.255 e. The first kappa shape index (κ1) is 29.6. The van der Waals surface area contributed by atoms with Gasteiger partial charge in [0.2, 0.25) is 0 Å². The third kappa shape index (κ3) is 4.28. The molecule has 2 aliphatic rings. The molecule has 0 radical (unpaired) electrons. The lowest BCUT2D eigenvalue weighted by molar-refractivity contribution is 0.794. The molecule has 0 unspecified atom stereocenters. The van der Waals surface area contributed by atoms with E-state index in [9.17, 15) is 0 Å². The predicted octanol–water partition coefficient (Wildman–Crippen LogP) is 10.8. The number of aromatic nitrogens is 5. The van der Waals surface area contributed by atoms with Gasteiger partial charge in [-0.2, -0.15) is 0 Å². The molecule has 0 bridgehead atoms. The molecule has 5 aromatic carbocycles. The van der Waals surface area contributed by atoms with Crippen LogP contribution in [0.25, 0.3) is 78.6 Å². The molecule has 5 heteroatoms. The number of hydrogen-bond donors (Lipinski definition) is 0. The third-order valence-electron chi connectivity index (χ3n) is 10.8. The summed E-state index contributed by atoms with van der Waals surface area (Å²) in [6, 6.07) is 57.5. The summed E-state index contributed by atoms with van der Waals surface area (Å²) < 4.78 is 0. The fourth-order valence-corrected chi connectivity index (χ4v) is 8.71. The second kappa shape index (κ2) is 11.5. The van der Waals surface area contributed by atoms with Crippen molar-refractivity contribution in [1.29, 1.82) is 0 Å². The SMILES string of the molecule is c1ccc(-c2cc(-c3nc(-c4cccc5c4-c4ccccc4C54c5ccccc5-c5ccccc54)nc4ccccc34)cc(-c3ccccn3)n2)nc1. The van der Waals surface area contributed by atoms with Crippen LogP contribution in [0.2, 0.25) is 0 Å². The number of benzene rings is 5. The molecule has 4 heterocycles. The molecule has 5 nitrogen and oxygen atoms in total. The van der Waals surface area contributed by atoms with Crippen LogP contribution in [0.4, 0.5) is 0 Å². The Morgan fingerprint density at radius 1 is 0.377 bits per heavy atom. The van der Waals surface area contributed by atoms with E-state index in [2.05, 4.69) is 125 Å². The molecule has 2 aliphatic carbocycles. The lowest BCUT2D eigenvalue weighted by atomic mass is 9.70. The minimum atomic E-state index is -0.449. The van der Waals surface area contributed by atoms with Crippen molar-refractivity contribution in [3.63, 3.8) is 0 Å². The van der Waals surface area contributed by atoms with Gasteiger partial charge in [0.15, 0.2) is 5.82 Å². The maximum Gasteiger partial charge on any atom is 0.161 e. The summed E-state index contributed by atoms with van der Waals surface area (Å²) in [6.45, 7) is 0. The van der Waals surface area contributed by atoms with Gasteiger partial charge < -0.3 is 0 Å². The number of hydrogen-bond acceptors (Lipinski definition) is 5. The van der Waals surface area contributed by atoms with Crippen LogP contribution in [0.5, 0.6) is 0 Å². The van der Waals surface area contributed by atoms with Crippen molar-refractivity contribution in [1.82, 2.24) is 24.9 Å². The van der Waals surface area contributed by atoms with Crippen LogP contribution < -0.4 is 0 Å². The van der Waals surface area contributed by atoms with Crippen molar-refractivity contribution in [3.05, 3.63) is 198 Å². The molecule has 0 aliphatic heterocycles. The van der Waals surface area contributed by atoms with Crippen LogP contribution >= 0.6 is 0 Å². The Labute approximate surface area is 306 Å². The summed E-state index contributed by atoms with van der Waals surface area (Å²) in [6.07, 6.45) is 3.59. The van der Waals surface area contributed by atoms with Gasteiger partial charge in [-0.25, -0.2) is 15.0 Å². The molecular formula is C48H29N5. The molecule has 246 valence electrons. The summed E-state index contributed by atoms with van der Waals surface area (Å²) in [5.74, 6) is 0.678. The normalized spacial score (nSPS) is 13.1. The number of rotatable bonds is 4. The molecule has 0 atom stereocenters. The third-order valence-corrected chi connectivity index (χ3v) is 10.8. The van der Waals surface area contributed by atoms with Crippen molar-refractivity contribution in [2.45, 2.75) is 5.41 Å². The molecule has 4 aromatic heterocycles. The zero-order valence-corrected chi connectivity index (χ0v) is 28.5. The average Bonchev–Trinajstić information content (AvgIpc) is 3.71. The van der Waals surface area contributed by atoms with Crippen LogP contribution in [-0.2, 0) is 5.41 Å². The molecule has 0 N–H and O–H groups in total. The van der Waals surface area contributed by atoms with E-state index >= 15 is 0 Å². The lowest BCUT2D eigenvalue weighted by Crippen LogP contribution is -2.25. The minimum Gasteiger partial charge on any atom is -0.255 e. The van der Waals surface area contributed by atoms with Crippen molar-refractivity contribution >= 4 is 10.9 Å². The van der Waals surface area contributed by atoms with Crippen molar-refractivity contribution in [3.8, 4) is 67.7 Å². The van der Waals surface area contributed by atoms with Gasteiger partial charge in [-0.3, -0.25) is 9.97 Å². The van der Waals surface area contributed by atoms with E-state index in [0.29, 0.717) is 5.82 Å². The lowest BCUT2D eigenvalue weighted by Gasteiger charge is -2.30. The average molecular weight is 676 g/mol. The van der Waals surface area contributed by atoms with Crippen molar-refractivity contribution < 1.29 is 0 Å². The quantitative estimate of drug-likeness (QED) is 0.186. The highest BCUT2D eigenvalue weighted by Crippen LogP contribution is 2.63. The van der Waals surface area contributed by atoms with Gasteiger partial charge in [0.25, 0.3) is 0 Å².